The average molecular weight is 355 g/mol. The normalized spacial score (nSPS) is 11.5. The maximum atomic E-state index is 12.3. The number of amides is 1. The van der Waals surface area contributed by atoms with Crippen LogP contribution < -0.4 is 5.32 Å². The third-order valence-corrected chi connectivity index (χ3v) is 4.75. The Morgan fingerprint density at radius 1 is 1.16 bits per heavy atom. The van der Waals surface area contributed by atoms with Crippen LogP contribution in [0, 0.1) is 10.1 Å². The fourth-order valence-electron chi connectivity index (χ4n) is 2.35. The predicted molar refractivity (Wildman–Crippen MR) is 99.4 cm³/mol. The Balaban J connectivity index is 1.82. The van der Waals surface area contributed by atoms with Gasteiger partial charge in [-0.1, -0.05) is 38.2 Å². The Morgan fingerprint density at radius 2 is 1.84 bits per heavy atom. The van der Waals surface area contributed by atoms with Gasteiger partial charge in [0.1, 0.15) is 0 Å². The number of nitrogens with zero attached hydrogens (tertiary/aromatic N) is 2. The molecular weight excluding hydrogens is 338 g/mol. The van der Waals surface area contributed by atoms with E-state index >= 15 is 0 Å². The predicted octanol–water partition coefficient (Wildman–Crippen LogP) is 4.75. The minimum atomic E-state index is -0.498. The van der Waals surface area contributed by atoms with E-state index in [0.717, 1.165) is 10.2 Å². The number of anilines is 1. The third-order valence-electron chi connectivity index (χ3n) is 3.82. The Hall–Kier alpha value is -2.80. The topological polar surface area (TPSA) is 85.1 Å². The first-order valence-corrected chi connectivity index (χ1v) is 8.52. The van der Waals surface area contributed by atoms with Gasteiger partial charge < -0.3 is 0 Å². The minimum absolute atomic E-state index is 0.0420. The molecule has 7 heteroatoms. The number of aromatic nitrogens is 1. The smallest absolute Gasteiger partial charge is 0.269 e. The van der Waals surface area contributed by atoms with Gasteiger partial charge in [-0.3, -0.25) is 20.2 Å². The first-order valence-electron chi connectivity index (χ1n) is 7.71. The van der Waals surface area contributed by atoms with Crippen LogP contribution >= 0.6 is 11.3 Å². The lowest BCUT2D eigenvalue weighted by atomic mass is 9.87. The van der Waals surface area contributed by atoms with E-state index < -0.39 is 4.92 Å². The van der Waals surface area contributed by atoms with Gasteiger partial charge in [-0.05, 0) is 35.2 Å². The number of carbonyl (C=O) groups is 1. The number of hydrogen-bond acceptors (Lipinski definition) is 5. The lowest BCUT2D eigenvalue weighted by Gasteiger charge is -2.18. The van der Waals surface area contributed by atoms with Gasteiger partial charge >= 0.3 is 0 Å². The number of nitro groups is 1. The molecule has 1 heterocycles. The molecule has 25 heavy (non-hydrogen) atoms. The van der Waals surface area contributed by atoms with Crippen molar-refractivity contribution in [3.05, 3.63) is 63.7 Å². The zero-order valence-corrected chi connectivity index (χ0v) is 14.9. The Labute approximate surface area is 148 Å². The van der Waals surface area contributed by atoms with Crippen molar-refractivity contribution in [2.24, 2.45) is 0 Å². The molecule has 0 bridgehead atoms. The van der Waals surface area contributed by atoms with Crippen molar-refractivity contribution in [1.29, 1.82) is 0 Å². The molecule has 3 rings (SSSR count). The van der Waals surface area contributed by atoms with Crippen LogP contribution in [0.3, 0.4) is 0 Å². The van der Waals surface area contributed by atoms with E-state index in [1.165, 1.54) is 41.2 Å². The molecule has 0 saturated carbocycles. The van der Waals surface area contributed by atoms with E-state index in [-0.39, 0.29) is 17.0 Å². The maximum Gasteiger partial charge on any atom is 0.269 e. The largest absolute Gasteiger partial charge is 0.298 e. The molecule has 2 aromatic carbocycles. The van der Waals surface area contributed by atoms with Crippen LogP contribution in [0.15, 0.2) is 42.5 Å². The molecule has 0 spiro atoms. The highest BCUT2D eigenvalue weighted by molar-refractivity contribution is 7.22. The Bertz CT molecular complexity index is 956. The van der Waals surface area contributed by atoms with Crippen LogP contribution in [0.1, 0.15) is 36.7 Å². The van der Waals surface area contributed by atoms with E-state index in [1.807, 2.05) is 12.1 Å². The van der Waals surface area contributed by atoms with Gasteiger partial charge in [-0.2, -0.15) is 0 Å². The molecule has 0 saturated heterocycles. The zero-order chi connectivity index (χ0) is 18.2. The molecule has 128 valence electrons. The third kappa shape index (κ3) is 3.66. The minimum Gasteiger partial charge on any atom is -0.298 e. The fraction of sp³-hybridized carbons (Fsp3) is 0.222. The van der Waals surface area contributed by atoms with Crippen LogP contribution in [-0.4, -0.2) is 15.8 Å². The van der Waals surface area contributed by atoms with Gasteiger partial charge in [-0.25, -0.2) is 4.98 Å². The van der Waals surface area contributed by atoms with Crippen molar-refractivity contribution in [2.75, 3.05) is 5.32 Å². The second kappa shape index (κ2) is 6.25. The molecule has 1 N–H and O–H groups in total. The van der Waals surface area contributed by atoms with Crippen molar-refractivity contribution in [1.82, 2.24) is 4.98 Å². The van der Waals surface area contributed by atoms with Crippen molar-refractivity contribution in [3.8, 4) is 0 Å². The van der Waals surface area contributed by atoms with Gasteiger partial charge in [0, 0.05) is 17.7 Å². The van der Waals surface area contributed by atoms with Gasteiger partial charge in [-0.15, -0.1) is 0 Å². The van der Waals surface area contributed by atoms with E-state index in [9.17, 15) is 14.9 Å². The second-order valence-corrected chi connectivity index (χ2v) is 7.74. The van der Waals surface area contributed by atoms with Gasteiger partial charge in [0.15, 0.2) is 5.13 Å². The summed E-state index contributed by atoms with van der Waals surface area (Å²) < 4.78 is 1.01. The van der Waals surface area contributed by atoms with Crippen LogP contribution in [0.5, 0.6) is 0 Å². The van der Waals surface area contributed by atoms with Crippen molar-refractivity contribution >= 4 is 38.3 Å². The highest BCUT2D eigenvalue weighted by Gasteiger charge is 2.16. The zero-order valence-electron chi connectivity index (χ0n) is 14.1. The number of nitro benzene ring substituents is 1. The highest BCUT2D eigenvalue weighted by Crippen LogP contribution is 2.31. The summed E-state index contributed by atoms with van der Waals surface area (Å²) in [7, 11) is 0. The number of non-ortho nitro benzene ring substituents is 1. The first kappa shape index (κ1) is 17.0. The molecule has 1 aromatic heterocycles. The number of hydrogen-bond donors (Lipinski definition) is 1. The summed E-state index contributed by atoms with van der Waals surface area (Å²) >= 11 is 1.41. The number of benzene rings is 2. The monoisotopic (exact) mass is 355 g/mol. The molecule has 0 aliphatic heterocycles. The van der Waals surface area contributed by atoms with Crippen LogP contribution in [0.2, 0.25) is 0 Å². The SMILES string of the molecule is CC(C)(C)c1ccc2nc(NC(=O)c3ccc([N+](=O)[O-])cc3)sc2c1. The molecule has 0 fully saturated rings. The van der Waals surface area contributed by atoms with Gasteiger partial charge in [0.05, 0.1) is 15.1 Å². The van der Waals surface area contributed by atoms with Gasteiger partial charge in [0.25, 0.3) is 11.6 Å². The summed E-state index contributed by atoms with van der Waals surface area (Å²) in [6.45, 7) is 6.44. The lowest BCUT2D eigenvalue weighted by molar-refractivity contribution is -0.384. The standard InChI is InChI=1S/C18H17N3O3S/c1-18(2,3)12-6-9-14-15(10-12)25-17(19-14)20-16(22)11-4-7-13(8-5-11)21(23)24/h4-10H,1-3H3,(H,19,20,22). The van der Waals surface area contributed by atoms with Crippen LogP contribution in [-0.2, 0) is 5.41 Å². The molecule has 0 radical (unpaired) electrons. The van der Waals surface area contributed by atoms with Crippen molar-refractivity contribution in [3.63, 3.8) is 0 Å². The number of nitrogens with one attached hydrogen (secondary N) is 1. The molecule has 0 aliphatic rings. The summed E-state index contributed by atoms with van der Waals surface area (Å²) in [6, 6.07) is 11.6. The second-order valence-electron chi connectivity index (χ2n) is 6.71. The summed E-state index contributed by atoms with van der Waals surface area (Å²) in [5.41, 5.74) is 2.38. The molecule has 0 unspecified atom stereocenters. The Kier molecular flexibility index (Phi) is 4.26. The van der Waals surface area contributed by atoms with Crippen LogP contribution in [0.4, 0.5) is 10.8 Å². The Morgan fingerprint density at radius 3 is 2.44 bits per heavy atom. The molecular formula is C18H17N3O3S. The van der Waals surface area contributed by atoms with E-state index in [2.05, 4.69) is 37.1 Å². The number of carbonyl (C=O) groups excluding carboxylic acids is 1. The average Bonchev–Trinajstić information content (AvgIpc) is 2.95. The highest BCUT2D eigenvalue weighted by atomic mass is 32.1. The maximum absolute atomic E-state index is 12.3. The van der Waals surface area contributed by atoms with Gasteiger partial charge in [0.2, 0.25) is 0 Å². The molecule has 6 nitrogen and oxygen atoms in total. The number of rotatable bonds is 3. The lowest BCUT2D eigenvalue weighted by Crippen LogP contribution is -2.11. The van der Waals surface area contributed by atoms with Crippen molar-refractivity contribution in [2.45, 2.75) is 26.2 Å². The molecule has 0 aliphatic carbocycles. The summed E-state index contributed by atoms with van der Waals surface area (Å²) in [6.07, 6.45) is 0. The number of fused-ring (bicyclic) bond motifs is 1. The van der Waals surface area contributed by atoms with E-state index in [4.69, 9.17) is 0 Å². The first-order chi connectivity index (χ1) is 11.7. The molecule has 0 atom stereocenters. The molecule has 1 amide bonds. The summed E-state index contributed by atoms with van der Waals surface area (Å²) in [4.78, 5) is 26.9. The van der Waals surface area contributed by atoms with E-state index in [0.29, 0.717) is 10.7 Å². The quantitative estimate of drug-likeness (QED) is 0.542. The summed E-state index contributed by atoms with van der Waals surface area (Å²) in [5, 5.41) is 13.9. The molecule has 3 aromatic rings. The fourth-order valence-corrected chi connectivity index (χ4v) is 3.25. The van der Waals surface area contributed by atoms with Crippen LogP contribution in [0.25, 0.3) is 10.2 Å². The number of thiazole rings is 1. The van der Waals surface area contributed by atoms with Crippen molar-refractivity contribution < 1.29 is 9.72 Å². The van der Waals surface area contributed by atoms with E-state index in [1.54, 1.807) is 0 Å². The summed E-state index contributed by atoms with van der Waals surface area (Å²) in [5.74, 6) is -0.343.